The van der Waals surface area contributed by atoms with Gasteiger partial charge in [0.15, 0.2) is 11.5 Å². The zero-order valence-electron chi connectivity index (χ0n) is 9.95. The zero-order chi connectivity index (χ0) is 11.4. The van der Waals surface area contributed by atoms with Crippen LogP contribution in [0.25, 0.3) is 0 Å². The third kappa shape index (κ3) is 2.47. The van der Waals surface area contributed by atoms with Gasteiger partial charge in [-0.25, -0.2) is 0 Å². The van der Waals surface area contributed by atoms with Gasteiger partial charge < -0.3 is 14.8 Å². The highest BCUT2D eigenvalue weighted by Crippen LogP contribution is 2.32. The summed E-state index contributed by atoms with van der Waals surface area (Å²) in [5, 5.41) is 3.39. The first-order valence-electron chi connectivity index (χ1n) is 5.94. The standard InChI is InChI=1S/C13H19NO2/c1-3-14-10(2)11-5-6-12-13(9-11)16-8-4-7-15-12/h5-6,9-10,14H,3-4,7-8H2,1-2H3. The lowest BCUT2D eigenvalue weighted by Crippen LogP contribution is -2.17. The largest absolute Gasteiger partial charge is 0.490 e. The summed E-state index contributed by atoms with van der Waals surface area (Å²) in [4.78, 5) is 0. The van der Waals surface area contributed by atoms with Gasteiger partial charge in [0.1, 0.15) is 0 Å². The molecule has 0 amide bonds. The quantitative estimate of drug-likeness (QED) is 0.850. The van der Waals surface area contributed by atoms with E-state index in [9.17, 15) is 0 Å². The molecular weight excluding hydrogens is 202 g/mol. The molecule has 1 aliphatic heterocycles. The van der Waals surface area contributed by atoms with E-state index in [2.05, 4.69) is 31.3 Å². The SMILES string of the molecule is CCNC(C)c1ccc2c(c1)OCCCO2. The minimum Gasteiger partial charge on any atom is -0.490 e. The molecule has 3 nitrogen and oxygen atoms in total. The highest BCUT2D eigenvalue weighted by atomic mass is 16.5. The van der Waals surface area contributed by atoms with E-state index in [1.165, 1.54) is 5.56 Å². The Morgan fingerprint density at radius 2 is 2.00 bits per heavy atom. The second-order valence-electron chi connectivity index (χ2n) is 4.04. The Labute approximate surface area is 96.8 Å². The molecule has 0 saturated heterocycles. The Balaban J connectivity index is 2.20. The molecule has 0 bridgehead atoms. The molecule has 0 radical (unpaired) electrons. The average Bonchev–Trinajstić information content (AvgIpc) is 2.53. The van der Waals surface area contributed by atoms with Crippen LogP contribution in [-0.4, -0.2) is 19.8 Å². The van der Waals surface area contributed by atoms with Crippen molar-refractivity contribution in [3.8, 4) is 11.5 Å². The van der Waals surface area contributed by atoms with Crippen molar-refractivity contribution in [1.29, 1.82) is 0 Å². The molecule has 1 N–H and O–H groups in total. The Kier molecular flexibility index (Phi) is 3.67. The van der Waals surface area contributed by atoms with Gasteiger partial charge in [-0.1, -0.05) is 13.0 Å². The van der Waals surface area contributed by atoms with Crippen LogP contribution in [0.3, 0.4) is 0 Å². The summed E-state index contributed by atoms with van der Waals surface area (Å²) in [5.74, 6) is 1.74. The first-order valence-corrected chi connectivity index (χ1v) is 5.94. The summed E-state index contributed by atoms with van der Waals surface area (Å²) in [7, 11) is 0. The van der Waals surface area contributed by atoms with Crippen molar-refractivity contribution in [2.75, 3.05) is 19.8 Å². The van der Waals surface area contributed by atoms with Crippen LogP contribution in [0.4, 0.5) is 0 Å². The predicted octanol–water partition coefficient (Wildman–Crippen LogP) is 2.52. The molecule has 1 aliphatic rings. The molecule has 88 valence electrons. The second-order valence-corrected chi connectivity index (χ2v) is 4.04. The smallest absolute Gasteiger partial charge is 0.161 e. The molecule has 1 unspecified atom stereocenters. The van der Waals surface area contributed by atoms with Crippen molar-refractivity contribution in [2.24, 2.45) is 0 Å². The van der Waals surface area contributed by atoms with Crippen LogP contribution in [-0.2, 0) is 0 Å². The van der Waals surface area contributed by atoms with Crippen LogP contribution in [0.5, 0.6) is 11.5 Å². The lowest BCUT2D eigenvalue weighted by Gasteiger charge is -2.15. The topological polar surface area (TPSA) is 30.5 Å². The molecule has 1 heterocycles. The van der Waals surface area contributed by atoms with Crippen LogP contribution >= 0.6 is 0 Å². The maximum atomic E-state index is 5.66. The van der Waals surface area contributed by atoms with Crippen molar-refractivity contribution in [3.63, 3.8) is 0 Å². The van der Waals surface area contributed by atoms with E-state index >= 15 is 0 Å². The number of hydrogen-bond acceptors (Lipinski definition) is 3. The Morgan fingerprint density at radius 3 is 2.75 bits per heavy atom. The minimum atomic E-state index is 0.349. The molecule has 1 atom stereocenters. The molecule has 1 aromatic rings. The van der Waals surface area contributed by atoms with Crippen LogP contribution in [0.15, 0.2) is 18.2 Å². The van der Waals surface area contributed by atoms with Gasteiger partial charge in [-0.3, -0.25) is 0 Å². The fraction of sp³-hybridized carbons (Fsp3) is 0.538. The molecule has 0 spiro atoms. The first kappa shape index (κ1) is 11.3. The molecular formula is C13H19NO2. The van der Waals surface area contributed by atoms with Crippen LogP contribution in [0, 0.1) is 0 Å². The number of rotatable bonds is 3. The van der Waals surface area contributed by atoms with Gasteiger partial charge in [-0.15, -0.1) is 0 Å². The number of hydrogen-bond donors (Lipinski definition) is 1. The first-order chi connectivity index (χ1) is 7.81. The summed E-state index contributed by atoms with van der Waals surface area (Å²) in [6.07, 6.45) is 0.951. The van der Waals surface area contributed by atoms with Crippen LogP contribution < -0.4 is 14.8 Å². The van der Waals surface area contributed by atoms with Crippen molar-refractivity contribution in [3.05, 3.63) is 23.8 Å². The van der Waals surface area contributed by atoms with E-state index in [1.54, 1.807) is 0 Å². The summed E-state index contributed by atoms with van der Waals surface area (Å²) >= 11 is 0. The fourth-order valence-corrected chi connectivity index (χ4v) is 1.87. The third-order valence-corrected chi connectivity index (χ3v) is 2.78. The minimum absolute atomic E-state index is 0.349. The van der Waals surface area contributed by atoms with Gasteiger partial charge in [0.25, 0.3) is 0 Å². The van der Waals surface area contributed by atoms with E-state index in [0.29, 0.717) is 6.04 Å². The molecule has 0 fully saturated rings. The number of ether oxygens (including phenoxy) is 2. The second kappa shape index (κ2) is 5.21. The van der Waals surface area contributed by atoms with Crippen molar-refractivity contribution in [1.82, 2.24) is 5.32 Å². The molecule has 3 heteroatoms. The van der Waals surface area contributed by atoms with Gasteiger partial charge in [0.05, 0.1) is 13.2 Å². The summed E-state index contributed by atoms with van der Waals surface area (Å²) in [6.45, 7) is 6.72. The van der Waals surface area contributed by atoms with E-state index in [0.717, 1.165) is 37.7 Å². The Morgan fingerprint density at radius 1 is 1.25 bits per heavy atom. The average molecular weight is 221 g/mol. The van der Waals surface area contributed by atoms with E-state index in [1.807, 2.05) is 6.07 Å². The summed E-state index contributed by atoms with van der Waals surface area (Å²) < 4.78 is 11.3. The van der Waals surface area contributed by atoms with Crippen molar-refractivity contribution in [2.45, 2.75) is 26.3 Å². The van der Waals surface area contributed by atoms with Gasteiger partial charge in [0.2, 0.25) is 0 Å². The van der Waals surface area contributed by atoms with Crippen molar-refractivity contribution >= 4 is 0 Å². The van der Waals surface area contributed by atoms with E-state index < -0.39 is 0 Å². The van der Waals surface area contributed by atoms with Gasteiger partial charge in [0, 0.05) is 12.5 Å². The van der Waals surface area contributed by atoms with E-state index in [-0.39, 0.29) is 0 Å². The number of benzene rings is 1. The predicted molar refractivity (Wildman–Crippen MR) is 64.1 cm³/mol. The molecule has 0 aromatic heterocycles. The van der Waals surface area contributed by atoms with Gasteiger partial charge in [-0.2, -0.15) is 0 Å². The molecule has 1 aromatic carbocycles. The Hall–Kier alpha value is -1.22. The van der Waals surface area contributed by atoms with Crippen LogP contribution in [0.1, 0.15) is 31.9 Å². The molecule has 16 heavy (non-hydrogen) atoms. The molecule has 0 aliphatic carbocycles. The van der Waals surface area contributed by atoms with Gasteiger partial charge in [-0.05, 0) is 31.2 Å². The zero-order valence-corrected chi connectivity index (χ0v) is 9.95. The van der Waals surface area contributed by atoms with Gasteiger partial charge >= 0.3 is 0 Å². The van der Waals surface area contributed by atoms with Crippen LogP contribution in [0.2, 0.25) is 0 Å². The monoisotopic (exact) mass is 221 g/mol. The van der Waals surface area contributed by atoms with Crippen molar-refractivity contribution < 1.29 is 9.47 Å². The number of fused-ring (bicyclic) bond motifs is 1. The summed E-state index contributed by atoms with van der Waals surface area (Å²) in [6, 6.07) is 6.53. The number of nitrogens with one attached hydrogen (secondary N) is 1. The normalized spacial score (nSPS) is 16.6. The fourth-order valence-electron chi connectivity index (χ4n) is 1.87. The maximum Gasteiger partial charge on any atom is 0.161 e. The van der Waals surface area contributed by atoms with E-state index in [4.69, 9.17) is 9.47 Å². The lowest BCUT2D eigenvalue weighted by atomic mass is 10.1. The maximum absolute atomic E-state index is 5.66. The third-order valence-electron chi connectivity index (χ3n) is 2.78. The molecule has 2 rings (SSSR count). The molecule has 0 saturated carbocycles. The summed E-state index contributed by atoms with van der Waals surface area (Å²) in [5.41, 5.74) is 1.24. The lowest BCUT2D eigenvalue weighted by molar-refractivity contribution is 0.297. The Bertz CT molecular complexity index is 352. The highest BCUT2D eigenvalue weighted by Gasteiger charge is 2.12. The highest BCUT2D eigenvalue weighted by molar-refractivity contribution is 5.44.